The molecule has 0 saturated heterocycles. The molecule has 0 unspecified atom stereocenters. The number of ether oxygens (including phenoxy) is 2. The van der Waals surface area contributed by atoms with Crippen molar-refractivity contribution in [1.29, 1.82) is 0 Å². The fraction of sp³-hybridized carbons (Fsp3) is 0.211. The zero-order valence-electron chi connectivity index (χ0n) is 13.1. The van der Waals surface area contributed by atoms with E-state index in [4.69, 9.17) is 9.47 Å². The number of phenols is 1. The molecule has 2 aromatic rings. The molecule has 0 spiro atoms. The summed E-state index contributed by atoms with van der Waals surface area (Å²) in [7, 11) is 3.19. The Hall–Kier alpha value is -2.75. The molecule has 0 aliphatic heterocycles. The summed E-state index contributed by atoms with van der Waals surface area (Å²) in [5, 5.41) is 9.54. The number of aromatic hydroxyl groups is 1. The van der Waals surface area contributed by atoms with Crippen LogP contribution >= 0.6 is 0 Å². The summed E-state index contributed by atoms with van der Waals surface area (Å²) in [5.74, 6) is 1.57. The van der Waals surface area contributed by atoms with Crippen molar-refractivity contribution in [3.8, 4) is 17.2 Å². The molecule has 4 nitrogen and oxygen atoms in total. The van der Waals surface area contributed by atoms with Crippen LogP contribution in [0, 0.1) is 0 Å². The molecule has 0 saturated carbocycles. The Morgan fingerprint density at radius 3 is 2.35 bits per heavy atom. The van der Waals surface area contributed by atoms with Crippen LogP contribution in [0.3, 0.4) is 0 Å². The van der Waals surface area contributed by atoms with Crippen molar-refractivity contribution in [2.24, 2.45) is 0 Å². The molecule has 0 aromatic heterocycles. The summed E-state index contributed by atoms with van der Waals surface area (Å²) >= 11 is 0. The maximum absolute atomic E-state index is 12.6. The van der Waals surface area contributed by atoms with Crippen molar-refractivity contribution in [2.45, 2.75) is 12.8 Å². The Morgan fingerprint density at radius 2 is 1.70 bits per heavy atom. The number of fused-ring (bicyclic) bond motifs is 1. The van der Waals surface area contributed by atoms with Crippen LogP contribution in [0.2, 0.25) is 0 Å². The monoisotopic (exact) mass is 310 g/mol. The number of ketones is 1. The number of hydrogen-bond donors (Lipinski definition) is 1. The minimum absolute atomic E-state index is 0.00744. The van der Waals surface area contributed by atoms with E-state index in [1.54, 1.807) is 38.5 Å². The van der Waals surface area contributed by atoms with Crippen molar-refractivity contribution >= 4 is 11.9 Å². The largest absolute Gasteiger partial charge is 0.508 e. The van der Waals surface area contributed by atoms with Gasteiger partial charge in [-0.2, -0.15) is 0 Å². The highest BCUT2D eigenvalue weighted by Crippen LogP contribution is 2.30. The van der Waals surface area contributed by atoms with E-state index in [1.165, 1.54) is 0 Å². The van der Waals surface area contributed by atoms with Gasteiger partial charge >= 0.3 is 0 Å². The Labute approximate surface area is 135 Å². The van der Waals surface area contributed by atoms with Crippen LogP contribution in [0.15, 0.2) is 42.0 Å². The SMILES string of the molecule is COc1cc(C=C2CCc3cc(O)ccc3C2=O)cc(OC)c1. The first-order valence-electron chi connectivity index (χ1n) is 7.41. The van der Waals surface area contributed by atoms with E-state index in [9.17, 15) is 9.90 Å². The minimum atomic E-state index is 0.00744. The van der Waals surface area contributed by atoms with E-state index in [0.717, 1.165) is 23.1 Å². The van der Waals surface area contributed by atoms with Crippen molar-refractivity contribution in [1.82, 2.24) is 0 Å². The molecule has 0 atom stereocenters. The number of carbonyl (C=O) groups is 1. The van der Waals surface area contributed by atoms with Crippen LogP contribution < -0.4 is 9.47 Å². The van der Waals surface area contributed by atoms with Crippen molar-refractivity contribution < 1.29 is 19.4 Å². The number of allylic oxidation sites excluding steroid dienone is 1. The minimum Gasteiger partial charge on any atom is -0.508 e. The normalized spacial score (nSPS) is 15.4. The van der Waals surface area contributed by atoms with Gasteiger partial charge in [0, 0.05) is 17.2 Å². The van der Waals surface area contributed by atoms with Crippen LogP contribution in [0.4, 0.5) is 0 Å². The first-order valence-corrected chi connectivity index (χ1v) is 7.41. The Bertz CT molecular complexity index is 768. The number of phenolic OH excluding ortho intramolecular Hbond substituents is 1. The van der Waals surface area contributed by atoms with Gasteiger partial charge in [-0.05, 0) is 60.4 Å². The smallest absolute Gasteiger partial charge is 0.189 e. The zero-order valence-corrected chi connectivity index (χ0v) is 13.1. The molecule has 1 aliphatic rings. The van der Waals surface area contributed by atoms with Gasteiger partial charge in [-0.15, -0.1) is 0 Å². The first kappa shape index (κ1) is 15.2. The molecule has 0 radical (unpaired) electrons. The van der Waals surface area contributed by atoms with E-state index in [1.807, 2.05) is 18.2 Å². The number of aryl methyl sites for hydroxylation is 1. The number of methoxy groups -OCH3 is 2. The highest BCUT2D eigenvalue weighted by atomic mass is 16.5. The van der Waals surface area contributed by atoms with Crippen molar-refractivity contribution in [3.05, 3.63) is 58.7 Å². The first-order chi connectivity index (χ1) is 11.1. The van der Waals surface area contributed by atoms with Crippen molar-refractivity contribution in [2.75, 3.05) is 14.2 Å². The molecule has 1 aliphatic carbocycles. The van der Waals surface area contributed by atoms with Gasteiger partial charge < -0.3 is 14.6 Å². The van der Waals surface area contributed by atoms with Gasteiger partial charge in [0.25, 0.3) is 0 Å². The molecule has 3 rings (SSSR count). The van der Waals surface area contributed by atoms with E-state index in [-0.39, 0.29) is 11.5 Å². The van der Waals surface area contributed by atoms with Gasteiger partial charge in [-0.1, -0.05) is 0 Å². The molecule has 0 bridgehead atoms. The highest BCUT2D eigenvalue weighted by Gasteiger charge is 2.22. The van der Waals surface area contributed by atoms with Gasteiger partial charge in [-0.3, -0.25) is 4.79 Å². The maximum atomic E-state index is 12.6. The summed E-state index contributed by atoms with van der Waals surface area (Å²) in [5.41, 5.74) is 3.18. The quantitative estimate of drug-likeness (QED) is 0.880. The second-order valence-electron chi connectivity index (χ2n) is 5.49. The van der Waals surface area contributed by atoms with Gasteiger partial charge in [0.05, 0.1) is 14.2 Å². The third-order valence-electron chi connectivity index (χ3n) is 4.00. The fourth-order valence-corrected chi connectivity index (χ4v) is 2.82. The molecule has 0 fully saturated rings. The predicted octanol–water partition coefficient (Wildman–Crippen LogP) is 3.62. The number of hydrogen-bond acceptors (Lipinski definition) is 4. The third-order valence-corrected chi connectivity index (χ3v) is 4.00. The molecular formula is C19H18O4. The van der Waals surface area contributed by atoms with Crippen LogP contribution in [-0.2, 0) is 6.42 Å². The standard InChI is InChI=1S/C19H18O4/c1-22-16-8-12(9-17(11-16)23-2)7-14-4-3-13-10-15(20)5-6-18(13)19(14)21/h5-11,20H,3-4H2,1-2H3. The Morgan fingerprint density at radius 1 is 1.00 bits per heavy atom. The molecular weight excluding hydrogens is 292 g/mol. The highest BCUT2D eigenvalue weighted by molar-refractivity contribution is 6.13. The third kappa shape index (κ3) is 3.06. The molecule has 23 heavy (non-hydrogen) atoms. The molecule has 118 valence electrons. The molecule has 0 amide bonds. The second-order valence-corrected chi connectivity index (χ2v) is 5.49. The second kappa shape index (κ2) is 6.16. The van der Waals surface area contributed by atoms with Gasteiger partial charge in [0.15, 0.2) is 5.78 Å². The van der Waals surface area contributed by atoms with Crippen LogP contribution in [-0.4, -0.2) is 25.1 Å². The summed E-state index contributed by atoms with van der Waals surface area (Å²) < 4.78 is 10.5. The zero-order chi connectivity index (χ0) is 16.4. The van der Waals surface area contributed by atoms with Crippen molar-refractivity contribution in [3.63, 3.8) is 0 Å². The number of Topliss-reactive ketones (excluding diaryl/α,β-unsaturated/α-hetero) is 1. The Balaban J connectivity index is 1.98. The molecule has 4 heteroatoms. The summed E-state index contributed by atoms with van der Waals surface area (Å²) in [6.45, 7) is 0. The lowest BCUT2D eigenvalue weighted by molar-refractivity contribution is 0.102. The Kier molecular flexibility index (Phi) is 4.06. The molecule has 2 aromatic carbocycles. The fourth-order valence-electron chi connectivity index (χ4n) is 2.82. The maximum Gasteiger partial charge on any atom is 0.189 e. The predicted molar refractivity (Wildman–Crippen MR) is 88.3 cm³/mol. The summed E-state index contributed by atoms with van der Waals surface area (Å²) in [6.07, 6.45) is 3.26. The van der Waals surface area contributed by atoms with E-state index in [2.05, 4.69) is 0 Å². The van der Waals surface area contributed by atoms with Gasteiger partial charge in [-0.25, -0.2) is 0 Å². The number of carbonyl (C=O) groups excluding carboxylic acids is 1. The van der Waals surface area contributed by atoms with Gasteiger partial charge in [0.1, 0.15) is 17.2 Å². The van der Waals surface area contributed by atoms with E-state index in [0.29, 0.717) is 23.5 Å². The average Bonchev–Trinajstić information content (AvgIpc) is 2.57. The van der Waals surface area contributed by atoms with Crippen LogP contribution in [0.1, 0.15) is 27.9 Å². The lowest BCUT2D eigenvalue weighted by atomic mass is 9.86. The summed E-state index contributed by atoms with van der Waals surface area (Å²) in [6, 6.07) is 10.4. The number of benzene rings is 2. The lowest BCUT2D eigenvalue weighted by Crippen LogP contribution is -2.13. The molecule has 1 N–H and O–H groups in total. The van der Waals surface area contributed by atoms with Crippen LogP contribution in [0.5, 0.6) is 17.2 Å². The van der Waals surface area contributed by atoms with Gasteiger partial charge in [0.2, 0.25) is 0 Å². The molecule has 0 heterocycles. The summed E-state index contributed by atoms with van der Waals surface area (Å²) in [4.78, 5) is 12.6. The number of rotatable bonds is 3. The topological polar surface area (TPSA) is 55.8 Å². The van der Waals surface area contributed by atoms with E-state index < -0.39 is 0 Å². The van der Waals surface area contributed by atoms with Crippen LogP contribution in [0.25, 0.3) is 6.08 Å². The van der Waals surface area contributed by atoms with E-state index >= 15 is 0 Å². The lowest BCUT2D eigenvalue weighted by Gasteiger charge is -2.18. The average molecular weight is 310 g/mol.